The zero-order chi connectivity index (χ0) is 11.1. The van der Waals surface area contributed by atoms with Crippen molar-refractivity contribution >= 4 is 41.2 Å². The topological polar surface area (TPSA) is 54.4 Å². The molecule has 2 rings (SSSR count). The van der Waals surface area contributed by atoms with Crippen LogP contribution in [0.15, 0.2) is 23.6 Å². The number of rotatable bonds is 2. The molecule has 0 radical (unpaired) electrons. The van der Waals surface area contributed by atoms with Gasteiger partial charge in [-0.25, -0.2) is 8.42 Å². The number of phenolic OH excluding ortho intramolecular Hbond substituents is 1. The predicted molar refractivity (Wildman–Crippen MR) is 62.0 cm³/mol. The number of fused-ring (bicyclic) bond motifs is 1. The molecule has 1 N–H and O–H groups in total. The fourth-order valence-corrected chi connectivity index (χ4v) is 3.12. The third-order valence-electron chi connectivity index (χ3n) is 2.02. The Hall–Kier alpha value is -0.780. The number of thiophene rings is 1. The van der Waals surface area contributed by atoms with Gasteiger partial charge in [-0.2, -0.15) is 0 Å². The molecule has 0 aliphatic rings. The molecule has 2 aromatic rings. The molecule has 1 aromatic carbocycles. The first-order valence-corrected chi connectivity index (χ1v) is 7.43. The fraction of sp³-hybridized carbons (Fsp3) is 0.111. The van der Waals surface area contributed by atoms with E-state index in [0.29, 0.717) is 10.9 Å². The van der Waals surface area contributed by atoms with Crippen LogP contribution in [0.5, 0.6) is 5.75 Å². The summed E-state index contributed by atoms with van der Waals surface area (Å²) >= 11 is 1.49. The van der Waals surface area contributed by atoms with Crippen molar-refractivity contribution in [2.24, 2.45) is 0 Å². The van der Waals surface area contributed by atoms with Gasteiger partial charge in [0.05, 0.1) is 5.75 Å². The van der Waals surface area contributed by atoms with Crippen molar-refractivity contribution in [1.82, 2.24) is 0 Å². The van der Waals surface area contributed by atoms with Crippen LogP contribution in [0, 0.1) is 0 Å². The maximum atomic E-state index is 10.9. The number of hydrogen-bond donors (Lipinski definition) is 1. The Morgan fingerprint density at radius 2 is 2.07 bits per heavy atom. The molecular weight excluding hydrogens is 256 g/mol. The standard InChI is InChI=1S/C9H7ClO3S2/c10-15(12,13)5-6-1-2-8-7(9(6)11)3-4-14-8/h1-4,11H,5H2. The van der Waals surface area contributed by atoms with Crippen molar-refractivity contribution in [2.75, 3.05) is 0 Å². The lowest BCUT2D eigenvalue weighted by Gasteiger charge is -2.03. The van der Waals surface area contributed by atoms with E-state index in [9.17, 15) is 13.5 Å². The Morgan fingerprint density at radius 1 is 1.33 bits per heavy atom. The van der Waals surface area contributed by atoms with Crippen molar-refractivity contribution in [3.63, 3.8) is 0 Å². The van der Waals surface area contributed by atoms with Gasteiger partial charge in [-0.05, 0) is 17.5 Å². The van der Waals surface area contributed by atoms with Gasteiger partial charge >= 0.3 is 0 Å². The molecule has 0 saturated heterocycles. The molecule has 80 valence electrons. The van der Waals surface area contributed by atoms with E-state index >= 15 is 0 Å². The molecule has 6 heteroatoms. The molecule has 0 aliphatic carbocycles. The first kappa shape index (κ1) is 10.7. The molecule has 1 aromatic heterocycles. The van der Waals surface area contributed by atoms with Gasteiger partial charge in [-0.1, -0.05) is 6.07 Å². The second-order valence-corrected chi connectivity index (χ2v) is 6.81. The highest BCUT2D eigenvalue weighted by Crippen LogP contribution is 2.33. The molecule has 3 nitrogen and oxygen atoms in total. The zero-order valence-electron chi connectivity index (χ0n) is 7.47. The SMILES string of the molecule is O=S(=O)(Cl)Cc1ccc2sccc2c1O. The second kappa shape index (κ2) is 3.66. The minimum atomic E-state index is -3.64. The normalized spacial score (nSPS) is 12.1. The lowest BCUT2D eigenvalue weighted by Crippen LogP contribution is -1.95. The quantitative estimate of drug-likeness (QED) is 0.847. The van der Waals surface area contributed by atoms with Gasteiger partial charge < -0.3 is 5.11 Å². The van der Waals surface area contributed by atoms with Gasteiger partial charge in [0.25, 0.3) is 0 Å². The van der Waals surface area contributed by atoms with Crippen molar-refractivity contribution in [3.05, 3.63) is 29.1 Å². The summed E-state index contributed by atoms with van der Waals surface area (Å²) in [5, 5.41) is 12.3. The molecule has 0 saturated carbocycles. The van der Waals surface area contributed by atoms with Gasteiger partial charge in [0.15, 0.2) is 0 Å². The van der Waals surface area contributed by atoms with Crippen molar-refractivity contribution in [2.45, 2.75) is 5.75 Å². The summed E-state index contributed by atoms with van der Waals surface area (Å²) in [5.74, 6) is -0.357. The highest BCUT2D eigenvalue weighted by Gasteiger charge is 2.13. The van der Waals surface area contributed by atoms with Crippen LogP contribution in [0.4, 0.5) is 0 Å². The molecule has 0 amide bonds. The lowest BCUT2D eigenvalue weighted by molar-refractivity contribution is 0.476. The summed E-state index contributed by atoms with van der Waals surface area (Å²) in [7, 11) is 1.49. The van der Waals surface area contributed by atoms with E-state index < -0.39 is 9.05 Å². The smallest absolute Gasteiger partial charge is 0.236 e. The Bertz CT molecular complexity index is 601. The maximum absolute atomic E-state index is 10.9. The zero-order valence-corrected chi connectivity index (χ0v) is 9.86. The Balaban J connectivity index is 2.58. The largest absolute Gasteiger partial charge is 0.507 e. The van der Waals surface area contributed by atoms with Crippen molar-refractivity contribution < 1.29 is 13.5 Å². The monoisotopic (exact) mass is 262 g/mol. The molecule has 1 heterocycles. The molecule has 15 heavy (non-hydrogen) atoms. The molecule has 0 spiro atoms. The van der Waals surface area contributed by atoms with Crippen LogP contribution in [0.3, 0.4) is 0 Å². The molecule has 0 unspecified atom stereocenters. The number of benzene rings is 1. The third-order valence-corrected chi connectivity index (χ3v) is 3.88. The van der Waals surface area contributed by atoms with Gasteiger partial charge in [-0.3, -0.25) is 0 Å². The van der Waals surface area contributed by atoms with Gasteiger partial charge in [0.2, 0.25) is 9.05 Å². The summed E-state index contributed by atoms with van der Waals surface area (Å²) < 4.78 is 22.7. The van der Waals surface area contributed by atoms with E-state index in [2.05, 4.69) is 0 Å². The van der Waals surface area contributed by atoms with E-state index in [1.165, 1.54) is 11.3 Å². The molecule has 0 bridgehead atoms. The summed E-state index contributed by atoms with van der Waals surface area (Å²) in [4.78, 5) is 0. The summed E-state index contributed by atoms with van der Waals surface area (Å²) in [6.45, 7) is 0. The molecule has 0 atom stereocenters. The Labute approximate surface area is 95.3 Å². The van der Waals surface area contributed by atoms with Crippen molar-refractivity contribution in [3.8, 4) is 5.75 Å². The maximum Gasteiger partial charge on any atom is 0.236 e. The minimum absolute atomic E-state index is 0.00187. The van der Waals surface area contributed by atoms with E-state index in [4.69, 9.17) is 10.7 Å². The Morgan fingerprint density at radius 3 is 2.73 bits per heavy atom. The van der Waals surface area contributed by atoms with E-state index in [-0.39, 0.29) is 11.5 Å². The van der Waals surface area contributed by atoms with Crippen LogP contribution in [0.2, 0.25) is 0 Å². The number of hydrogen-bond acceptors (Lipinski definition) is 4. The van der Waals surface area contributed by atoms with Gasteiger partial charge in [-0.15, -0.1) is 11.3 Å². The van der Waals surface area contributed by atoms with Crippen LogP contribution < -0.4 is 0 Å². The lowest BCUT2D eigenvalue weighted by atomic mass is 10.1. The van der Waals surface area contributed by atoms with E-state index in [1.807, 2.05) is 5.38 Å². The number of phenols is 1. The first-order valence-electron chi connectivity index (χ1n) is 4.08. The Kier molecular flexibility index (Phi) is 2.62. The highest BCUT2D eigenvalue weighted by molar-refractivity contribution is 8.13. The van der Waals surface area contributed by atoms with Crippen LogP contribution >= 0.6 is 22.0 Å². The second-order valence-electron chi connectivity index (χ2n) is 3.09. The van der Waals surface area contributed by atoms with Crippen LogP contribution in [0.25, 0.3) is 10.1 Å². The summed E-state index contributed by atoms with van der Waals surface area (Å²) in [6, 6.07) is 5.10. The van der Waals surface area contributed by atoms with Crippen LogP contribution in [-0.2, 0) is 14.8 Å². The number of aromatic hydroxyl groups is 1. The molecule has 0 aliphatic heterocycles. The fourth-order valence-electron chi connectivity index (χ4n) is 1.38. The first-order chi connectivity index (χ1) is 6.97. The third kappa shape index (κ3) is 2.25. The van der Waals surface area contributed by atoms with Gasteiger partial charge in [0, 0.05) is 26.3 Å². The van der Waals surface area contributed by atoms with E-state index in [1.54, 1.807) is 18.2 Å². The van der Waals surface area contributed by atoms with Gasteiger partial charge in [0.1, 0.15) is 5.75 Å². The molecular formula is C9H7ClO3S2. The average molecular weight is 263 g/mol. The van der Waals surface area contributed by atoms with Crippen LogP contribution in [-0.4, -0.2) is 13.5 Å². The highest BCUT2D eigenvalue weighted by atomic mass is 35.7. The predicted octanol–water partition coefficient (Wildman–Crippen LogP) is 2.68. The molecule has 0 fully saturated rings. The van der Waals surface area contributed by atoms with E-state index in [0.717, 1.165) is 4.70 Å². The van der Waals surface area contributed by atoms with Crippen LogP contribution in [0.1, 0.15) is 5.56 Å². The average Bonchev–Trinajstić information content (AvgIpc) is 2.56. The minimum Gasteiger partial charge on any atom is -0.507 e. The summed E-state index contributed by atoms with van der Waals surface area (Å²) in [5.41, 5.74) is 0.330. The summed E-state index contributed by atoms with van der Waals surface area (Å²) in [6.07, 6.45) is 0. The number of halogens is 1. The van der Waals surface area contributed by atoms with Crippen molar-refractivity contribution in [1.29, 1.82) is 0 Å².